The number of hydrogen-bond donors (Lipinski definition) is 2. The van der Waals surface area contributed by atoms with Crippen LogP contribution in [0.1, 0.15) is 22.3 Å². The van der Waals surface area contributed by atoms with Crippen molar-refractivity contribution in [3.63, 3.8) is 0 Å². The van der Waals surface area contributed by atoms with Gasteiger partial charge in [-0.15, -0.1) is 0 Å². The zero-order valence-corrected chi connectivity index (χ0v) is 13.8. The fourth-order valence-electron chi connectivity index (χ4n) is 2.40. The van der Waals surface area contributed by atoms with Gasteiger partial charge < -0.3 is 10.6 Å². The lowest BCUT2D eigenvalue weighted by Crippen LogP contribution is -2.36. The molecule has 0 saturated carbocycles. The molecule has 120 valence electrons. The van der Waals surface area contributed by atoms with Crippen molar-refractivity contribution in [3.8, 4) is 0 Å². The smallest absolute Gasteiger partial charge is 0.313 e. The Morgan fingerprint density at radius 1 is 0.913 bits per heavy atom. The summed E-state index contributed by atoms with van der Waals surface area (Å²) in [5.74, 6) is -1.25. The summed E-state index contributed by atoms with van der Waals surface area (Å²) in [5, 5.41) is 5.29. The van der Waals surface area contributed by atoms with E-state index in [1.807, 2.05) is 57.2 Å². The van der Waals surface area contributed by atoms with Crippen LogP contribution in [0.3, 0.4) is 0 Å². The highest BCUT2D eigenvalue weighted by Crippen LogP contribution is 2.15. The zero-order valence-electron chi connectivity index (χ0n) is 13.8. The molecule has 0 aromatic heterocycles. The molecule has 0 saturated heterocycles. The number of amides is 2. The maximum absolute atomic E-state index is 11.9. The molecule has 0 fully saturated rings. The van der Waals surface area contributed by atoms with E-state index in [1.165, 1.54) is 5.56 Å². The first-order chi connectivity index (χ1) is 11.0. The van der Waals surface area contributed by atoms with Crippen LogP contribution in [0.4, 0.5) is 5.69 Å². The van der Waals surface area contributed by atoms with Crippen LogP contribution in [0.25, 0.3) is 0 Å². The van der Waals surface area contributed by atoms with Gasteiger partial charge in [-0.3, -0.25) is 9.59 Å². The van der Waals surface area contributed by atoms with Gasteiger partial charge in [0.2, 0.25) is 0 Å². The molecule has 0 aliphatic heterocycles. The first kappa shape index (κ1) is 16.7. The van der Waals surface area contributed by atoms with Crippen LogP contribution < -0.4 is 10.6 Å². The fraction of sp³-hybridized carbons (Fsp3) is 0.263. The summed E-state index contributed by atoms with van der Waals surface area (Å²) >= 11 is 0. The Morgan fingerprint density at radius 2 is 1.65 bits per heavy atom. The first-order valence-electron chi connectivity index (χ1n) is 7.67. The summed E-state index contributed by atoms with van der Waals surface area (Å²) in [6.07, 6.45) is 0.699. The standard InChI is InChI=1S/C19H22N2O2/c1-13-5-4-6-16(12-13)9-10-20-18(22)19(23)21-17-8-7-14(2)11-15(17)3/h4-8,11-12H,9-10H2,1-3H3,(H,20,22)(H,21,23). The van der Waals surface area contributed by atoms with Gasteiger partial charge in [0, 0.05) is 12.2 Å². The molecule has 2 N–H and O–H groups in total. The molecule has 2 aromatic rings. The van der Waals surface area contributed by atoms with Gasteiger partial charge in [-0.2, -0.15) is 0 Å². The number of aryl methyl sites for hydroxylation is 3. The Morgan fingerprint density at radius 3 is 2.35 bits per heavy atom. The largest absolute Gasteiger partial charge is 0.347 e. The molecule has 2 aromatic carbocycles. The van der Waals surface area contributed by atoms with Crippen LogP contribution in [0.2, 0.25) is 0 Å². The molecule has 4 nitrogen and oxygen atoms in total. The van der Waals surface area contributed by atoms with Crippen LogP contribution in [-0.2, 0) is 16.0 Å². The molecule has 4 heteroatoms. The highest BCUT2D eigenvalue weighted by Gasteiger charge is 2.14. The second-order valence-electron chi connectivity index (χ2n) is 5.77. The van der Waals surface area contributed by atoms with Crippen molar-refractivity contribution in [3.05, 3.63) is 64.7 Å². The second-order valence-corrected chi connectivity index (χ2v) is 5.77. The number of benzene rings is 2. The van der Waals surface area contributed by atoms with E-state index < -0.39 is 11.8 Å². The van der Waals surface area contributed by atoms with Gasteiger partial charge in [0.05, 0.1) is 0 Å². The molecule has 0 unspecified atom stereocenters. The van der Waals surface area contributed by atoms with Crippen molar-refractivity contribution in [1.29, 1.82) is 0 Å². The molecule has 0 spiro atoms. The molecular weight excluding hydrogens is 288 g/mol. The van der Waals surface area contributed by atoms with E-state index in [0.29, 0.717) is 18.7 Å². The van der Waals surface area contributed by atoms with E-state index in [4.69, 9.17) is 0 Å². The minimum absolute atomic E-state index is 0.433. The minimum atomic E-state index is -0.638. The van der Waals surface area contributed by atoms with Gasteiger partial charge in [0.15, 0.2) is 0 Å². The maximum atomic E-state index is 11.9. The summed E-state index contributed by atoms with van der Waals surface area (Å²) in [7, 11) is 0. The topological polar surface area (TPSA) is 58.2 Å². The second kappa shape index (κ2) is 7.58. The summed E-state index contributed by atoms with van der Waals surface area (Å²) < 4.78 is 0. The number of carbonyl (C=O) groups excluding carboxylic acids is 2. The quantitative estimate of drug-likeness (QED) is 0.853. The van der Waals surface area contributed by atoms with Crippen LogP contribution in [0, 0.1) is 20.8 Å². The Bertz CT molecular complexity index is 723. The molecule has 2 rings (SSSR count). The summed E-state index contributed by atoms with van der Waals surface area (Å²) in [6.45, 7) is 6.34. The van der Waals surface area contributed by atoms with Crippen LogP contribution >= 0.6 is 0 Å². The average molecular weight is 310 g/mol. The van der Waals surface area contributed by atoms with Gasteiger partial charge in [0.1, 0.15) is 0 Å². The maximum Gasteiger partial charge on any atom is 0.313 e. The molecule has 2 amide bonds. The van der Waals surface area contributed by atoms with E-state index >= 15 is 0 Å². The zero-order chi connectivity index (χ0) is 16.8. The summed E-state index contributed by atoms with van der Waals surface area (Å²) in [6, 6.07) is 13.8. The van der Waals surface area contributed by atoms with Gasteiger partial charge >= 0.3 is 11.8 Å². The molecule has 0 bridgehead atoms. The Labute approximate surface area is 136 Å². The van der Waals surface area contributed by atoms with Crippen LogP contribution in [-0.4, -0.2) is 18.4 Å². The molecular formula is C19H22N2O2. The number of hydrogen-bond acceptors (Lipinski definition) is 2. The lowest BCUT2D eigenvalue weighted by molar-refractivity contribution is -0.136. The lowest BCUT2D eigenvalue weighted by atomic mass is 10.1. The third kappa shape index (κ3) is 4.95. The predicted molar refractivity (Wildman–Crippen MR) is 92.4 cm³/mol. The molecule has 0 atom stereocenters. The van der Waals surface area contributed by atoms with Gasteiger partial charge in [0.25, 0.3) is 0 Å². The molecule has 0 radical (unpaired) electrons. The highest BCUT2D eigenvalue weighted by atomic mass is 16.2. The van der Waals surface area contributed by atoms with Crippen molar-refractivity contribution in [1.82, 2.24) is 5.32 Å². The number of anilines is 1. The number of carbonyl (C=O) groups is 2. The van der Waals surface area contributed by atoms with E-state index in [0.717, 1.165) is 16.7 Å². The Balaban J connectivity index is 1.84. The van der Waals surface area contributed by atoms with E-state index in [9.17, 15) is 9.59 Å². The van der Waals surface area contributed by atoms with Crippen LogP contribution in [0.5, 0.6) is 0 Å². The third-order valence-corrected chi connectivity index (χ3v) is 3.62. The van der Waals surface area contributed by atoms with Crippen LogP contribution in [0.15, 0.2) is 42.5 Å². The fourth-order valence-corrected chi connectivity index (χ4v) is 2.40. The van der Waals surface area contributed by atoms with Gasteiger partial charge in [-0.1, -0.05) is 47.5 Å². The minimum Gasteiger partial charge on any atom is -0.347 e. The van der Waals surface area contributed by atoms with E-state index in [1.54, 1.807) is 0 Å². The van der Waals surface area contributed by atoms with Crippen molar-refractivity contribution >= 4 is 17.5 Å². The molecule has 0 heterocycles. The van der Waals surface area contributed by atoms with Crippen molar-refractivity contribution in [2.24, 2.45) is 0 Å². The van der Waals surface area contributed by atoms with Crippen molar-refractivity contribution < 1.29 is 9.59 Å². The van der Waals surface area contributed by atoms with Crippen molar-refractivity contribution in [2.45, 2.75) is 27.2 Å². The first-order valence-corrected chi connectivity index (χ1v) is 7.67. The van der Waals surface area contributed by atoms with E-state index in [-0.39, 0.29) is 0 Å². The number of rotatable bonds is 4. The third-order valence-electron chi connectivity index (χ3n) is 3.62. The monoisotopic (exact) mass is 310 g/mol. The van der Waals surface area contributed by atoms with Gasteiger partial charge in [-0.25, -0.2) is 0 Å². The van der Waals surface area contributed by atoms with Crippen molar-refractivity contribution in [2.75, 3.05) is 11.9 Å². The SMILES string of the molecule is Cc1cccc(CCNC(=O)C(=O)Nc2ccc(C)cc2C)c1. The molecule has 0 aliphatic rings. The van der Waals surface area contributed by atoms with E-state index in [2.05, 4.69) is 16.7 Å². The summed E-state index contributed by atoms with van der Waals surface area (Å²) in [4.78, 5) is 23.8. The van der Waals surface area contributed by atoms with Gasteiger partial charge in [-0.05, 0) is 44.4 Å². The summed E-state index contributed by atoms with van der Waals surface area (Å²) in [5.41, 5.74) is 5.03. The average Bonchev–Trinajstić information content (AvgIpc) is 2.50. The highest BCUT2D eigenvalue weighted by molar-refractivity contribution is 6.39. The molecule has 23 heavy (non-hydrogen) atoms. The Kier molecular flexibility index (Phi) is 5.52. The predicted octanol–water partition coefficient (Wildman–Crippen LogP) is 2.91. The lowest BCUT2D eigenvalue weighted by Gasteiger charge is -2.09. The number of nitrogens with one attached hydrogen (secondary N) is 2. The normalized spacial score (nSPS) is 10.2. The molecule has 0 aliphatic carbocycles. The Hall–Kier alpha value is -2.62.